The van der Waals surface area contributed by atoms with Crippen molar-refractivity contribution in [3.63, 3.8) is 0 Å². The Hall–Kier alpha value is -2.31. The zero-order valence-electron chi connectivity index (χ0n) is 31.9. The predicted octanol–water partition coefficient (Wildman–Crippen LogP) is 6.68. The number of benzene rings is 4. The van der Waals surface area contributed by atoms with Gasteiger partial charge < -0.3 is 24.8 Å². The third-order valence-corrected chi connectivity index (χ3v) is 21.8. The van der Waals surface area contributed by atoms with Gasteiger partial charge >= 0.3 is 311 Å². The maximum atomic E-state index is 2.68. The summed E-state index contributed by atoms with van der Waals surface area (Å²) in [6.07, 6.45) is 15.2. The average molecular weight is 805 g/mol. The van der Waals surface area contributed by atoms with Gasteiger partial charge in [0.25, 0.3) is 0 Å². The molecule has 0 atom stereocenters. The second kappa shape index (κ2) is 14.1. The summed E-state index contributed by atoms with van der Waals surface area (Å²) in [5, 5.41) is 0. The first-order chi connectivity index (χ1) is 24.0. The summed E-state index contributed by atoms with van der Waals surface area (Å²) in [6, 6.07) is 38.5. The van der Waals surface area contributed by atoms with Crippen LogP contribution in [0.1, 0.15) is 123 Å². The van der Waals surface area contributed by atoms with Crippen LogP contribution in [0.15, 0.2) is 118 Å². The number of hydrogen-bond acceptors (Lipinski definition) is 0. The van der Waals surface area contributed by atoms with E-state index in [-0.39, 0.29) is 35.6 Å². The SMILES string of the molecule is CC(C)(C)c1ccc2c(c1)-c1cc(C(C)(C)C)ccc1[CH]2[Zr+2]([C]1=C(C23CC4CC(CC(C4)C2)C3)C=CC1)=[C](c1ccccc1)c1ccccc1.[Cl-].[Cl-]. The summed E-state index contributed by atoms with van der Waals surface area (Å²) >= 11 is -2.86. The molecule has 0 saturated heterocycles. The van der Waals surface area contributed by atoms with Crippen LogP contribution in [0.5, 0.6) is 0 Å². The van der Waals surface area contributed by atoms with Gasteiger partial charge in [0.15, 0.2) is 0 Å². The maximum absolute atomic E-state index is 2.86. The largest absolute Gasteiger partial charge is 1.00 e. The normalized spacial score (nSPS) is 24.1. The van der Waals surface area contributed by atoms with Crippen molar-refractivity contribution in [1.82, 2.24) is 0 Å². The van der Waals surface area contributed by atoms with Crippen molar-refractivity contribution >= 4 is 3.21 Å². The van der Waals surface area contributed by atoms with Crippen molar-refractivity contribution in [3.05, 3.63) is 151 Å². The Morgan fingerprint density at radius 1 is 0.596 bits per heavy atom. The van der Waals surface area contributed by atoms with E-state index in [0.717, 1.165) is 24.2 Å². The van der Waals surface area contributed by atoms with Crippen molar-refractivity contribution in [3.8, 4) is 11.1 Å². The van der Waals surface area contributed by atoms with Crippen LogP contribution in [-0.4, -0.2) is 3.21 Å². The van der Waals surface area contributed by atoms with Crippen LogP contribution >= 0.6 is 0 Å². The number of rotatable bonds is 5. The Bertz CT molecular complexity index is 1930. The molecule has 10 rings (SSSR count). The first-order valence-electron chi connectivity index (χ1n) is 19.5. The van der Waals surface area contributed by atoms with Gasteiger partial charge in [0.05, 0.1) is 0 Å². The summed E-state index contributed by atoms with van der Waals surface area (Å²) in [7, 11) is 0. The Morgan fingerprint density at radius 3 is 1.46 bits per heavy atom. The van der Waals surface area contributed by atoms with Crippen molar-refractivity contribution in [2.24, 2.45) is 23.2 Å². The van der Waals surface area contributed by atoms with Crippen molar-refractivity contribution < 1.29 is 46.1 Å². The van der Waals surface area contributed by atoms with Crippen LogP contribution in [0.2, 0.25) is 0 Å². The van der Waals surface area contributed by atoms with E-state index in [1.165, 1.54) is 71.9 Å². The Labute approximate surface area is 333 Å². The van der Waals surface area contributed by atoms with Crippen molar-refractivity contribution in [1.29, 1.82) is 0 Å². The summed E-state index contributed by atoms with van der Waals surface area (Å²) in [6.45, 7) is 14.2. The van der Waals surface area contributed by atoms with E-state index in [4.69, 9.17) is 0 Å². The van der Waals surface area contributed by atoms with Crippen molar-refractivity contribution in [2.75, 3.05) is 0 Å². The van der Waals surface area contributed by atoms with Crippen LogP contribution in [0.25, 0.3) is 11.1 Å². The fourth-order valence-electron chi connectivity index (χ4n) is 11.3. The summed E-state index contributed by atoms with van der Waals surface area (Å²) in [5.74, 6) is 2.84. The molecule has 0 aliphatic heterocycles. The summed E-state index contributed by atoms with van der Waals surface area (Å²) in [5.41, 5.74) is 14.4. The van der Waals surface area contributed by atoms with E-state index in [1.807, 2.05) is 8.85 Å². The molecule has 0 unspecified atom stereocenters. The molecule has 6 aliphatic carbocycles. The number of hydrogen-bond donors (Lipinski definition) is 0. The fourth-order valence-corrected chi connectivity index (χ4v) is 21.2. The minimum atomic E-state index is -2.86. The summed E-state index contributed by atoms with van der Waals surface area (Å²) < 4.78 is 4.04. The molecule has 268 valence electrons. The molecule has 4 aromatic carbocycles. The second-order valence-corrected chi connectivity index (χ2v) is 24.9. The molecule has 0 aromatic heterocycles. The second-order valence-electron chi connectivity index (χ2n) is 18.8. The van der Waals surface area contributed by atoms with Crippen LogP contribution in [0.3, 0.4) is 0 Å². The van der Waals surface area contributed by atoms with Crippen LogP contribution < -0.4 is 24.8 Å². The minimum absolute atomic E-state index is 0. The van der Waals surface area contributed by atoms with E-state index in [9.17, 15) is 0 Å². The van der Waals surface area contributed by atoms with Crippen LogP contribution in [0.4, 0.5) is 0 Å². The molecule has 0 nitrogen and oxygen atoms in total. The van der Waals surface area contributed by atoms with E-state index in [2.05, 4.69) is 151 Å². The molecule has 0 heterocycles. The number of allylic oxidation sites excluding steroid dienone is 4. The van der Waals surface area contributed by atoms with Gasteiger partial charge in [0.1, 0.15) is 0 Å². The molecule has 4 aromatic rings. The molecule has 4 saturated carbocycles. The standard InChI is InChI=1S/C21H25.C15H19.C13H10.2ClH.Zr/c1-20(2,3)16-9-7-14-11-15-8-10-17(21(4,5)6)13-19(15)18(14)12-16;1-2-4-14(3-1)15-8-11-5-12(9-15)7-13(6-11)10-15;1-3-7-12(8-4-1)11-13-9-5-2-6-10-13;;;/h7-13H,1-6H3;1,3,11-13H,2,5-10H2;1-10H;2*1H;/q;;;;;+2/p-2. The van der Waals surface area contributed by atoms with E-state index in [1.54, 1.807) is 14.3 Å². The molecule has 52 heavy (non-hydrogen) atoms. The number of fused-ring (bicyclic) bond motifs is 3. The molecule has 0 amide bonds. The monoisotopic (exact) mass is 802 g/mol. The molecule has 0 spiro atoms. The van der Waals surface area contributed by atoms with Gasteiger partial charge in [0, 0.05) is 0 Å². The third-order valence-electron chi connectivity index (χ3n) is 13.3. The van der Waals surface area contributed by atoms with Crippen LogP contribution in [-0.2, 0) is 32.1 Å². The average Bonchev–Trinajstić information content (AvgIpc) is 3.70. The van der Waals surface area contributed by atoms with Crippen molar-refractivity contribution in [2.45, 2.75) is 101 Å². The van der Waals surface area contributed by atoms with Gasteiger partial charge in [-0.2, -0.15) is 0 Å². The predicted molar refractivity (Wildman–Crippen MR) is 209 cm³/mol. The van der Waals surface area contributed by atoms with Gasteiger partial charge in [-0.1, -0.05) is 0 Å². The van der Waals surface area contributed by atoms with E-state index < -0.39 is 21.3 Å². The first kappa shape index (κ1) is 38.0. The topological polar surface area (TPSA) is 0 Å². The smallest absolute Gasteiger partial charge is 1.00 e. The minimum Gasteiger partial charge on any atom is -1.00 e. The molecule has 4 fully saturated rings. The molecule has 0 radical (unpaired) electrons. The molecular weight excluding hydrogens is 751 g/mol. The van der Waals surface area contributed by atoms with Gasteiger partial charge in [0.2, 0.25) is 0 Å². The Balaban J connectivity index is 0.00000210. The fraction of sp³-hybridized carbons (Fsp3) is 0.408. The third kappa shape index (κ3) is 6.48. The number of halogens is 2. The van der Waals surface area contributed by atoms with Gasteiger partial charge in [-0.15, -0.1) is 0 Å². The molecular formula is C49H54Cl2Zr. The van der Waals surface area contributed by atoms with Crippen LogP contribution in [0, 0.1) is 23.2 Å². The molecule has 6 aliphatic rings. The molecule has 0 N–H and O–H groups in total. The zero-order valence-corrected chi connectivity index (χ0v) is 35.9. The van der Waals surface area contributed by atoms with E-state index >= 15 is 0 Å². The summed E-state index contributed by atoms with van der Waals surface area (Å²) in [4.78, 5) is 0. The Morgan fingerprint density at radius 2 is 1.04 bits per heavy atom. The molecule has 4 bridgehead atoms. The van der Waals surface area contributed by atoms with E-state index in [0.29, 0.717) is 9.04 Å². The maximum Gasteiger partial charge on any atom is -1.00 e. The quantitative estimate of drug-likeness (QED) is 0.212. The van der Waals surface area contributed by atoms with Gasteiger partial charge in [-0.25, -0.2) is 0 Å². The van der Waals surface area contributed by atoms with Gasteiger partial charge in [-0.3, -0.25) is 0 Å². The first-order valence-corrected chi connectivity index (χ1v) is 23.4. The Kier molecular flexibility index (Phi) is 10.3. The zero-order chi connectivity index (χ0) is 34.4. The van der Waals surface area contributed by atoms with Gasteiger partial charge in [-0.05, 0) is 0 Å². The molecule has 3 heteroatoms.